The normalized spacial score (nSPS) is 18.4. The highest BCUT2D eigenvalue weighted by Crippen LogP contribution is 2.17. The summed E-state index contributed by atoms with van der Waals surface area (Å²) in [6, 6.07) is 0.539. The Morgan fingerprint density at radius 3 is 2.77 bits per heavy atom. The van der Waals surface area contributed by atoms with Crippen LogP contribution >= 0.6 is 0 Å². The van der Waals surface area contributed by atoms with Gasteiger partial charge in [0.05, 0.1) is 0 Å². The fourth-order valence-corrected chi connectivity index (χ4v) is 3.04. The highest BCUT2D eigenvalue weighted by molar-refractivity contribution is 5.84. The summed E-state index contributed by atoms with van der Waals surface area (Å²) in [4.78, 5) is 20.4. The largest absolute Gasteiger partial charge is 0.382 e. The smallest absolute Gasteiger partial charge is 0.243 e. The van der Waals surface area contributed by atoms with E-state index in [9.17, 15) is 4.79 Å². The number of amides is 1. The van der Waals surface area contributed by atoms with Crippen LogP contribution in [0.4, 0.5) is 0 Å². The Bertz CT molecular complexity index is 426. The van der Waals surface area contributed by atoms with Gasteiger partial charge in [0.2, 0.25) is 5.91 Å². The van der Waals surface area contributed by atoms with E-state index < -0.39 is 0 Å². The molecule has 1 aliphatic heterocycles. The standard InChI is InChI=1S/C19H39N5O2/c1-6-26-12-8-10-20-19(22-14-18(25)23(4)5)21-13-17-9-7-11-24(17)15-16(2)3/h16-17H,6-15H2,1-5H3,(H2,20,21,22)/t17-/m1/s1. The Kier molecular flexibility index (Phi) is 11.3. The number of ether oxygens (including phenoxy) is 1. The van der Waals surface area contributed by atoms with Crippen molar-refractivity contribution in [1.82, 2.24) is 20.4 Å². The van der Waals surface area contributed by atoms with Crippen LogP contribution in [0.25, 0.3) is 0 Å². The third kappa shape index (κ3) is 9.38. The number of hydrogen-bond acceptors (Lipinski definition) is 4. The molecule has 7 nitrogen and oxygen atoms in total. The van der Waals surface area contributed by atoms with Gasteiger partial charge < -0.3 is 20.3 Å². The van der Waals surface area contributed by atoms with Crippen molar-refractivity contribution in [2.45, 2.75) is 46.1 Å². The predicted molar refractivity (Wildman–Crippen MR) is 108 cm³/mol. The summed E-state index contributed by atoms with van der Waals surface area (Å²) in [6.45, 7) is 12.1. The van der Waals surface area contributed by atoms with Crippen molar-refractivity contribution in [3.63, 3.8) is 0 Å². The van der Waals surface area contributed by atoms with Gasteiger partial charge in [0, 0.05) is 53.0 Å². The van der Waals surface area contributed by atoms with Crippen molar-refractivity contribution < 1.29 is 9.53 Å². The van der Waals surface area contributed by atoms with Crippen LogP contribution in [-0.4, -0.2) is 87.7 Å². The lowest BCUT2D eigenvalue weighted by Crippen LogP contribution is -2.46. The summed E-state index contributed by atoms with van der Waals surface area (Å²) in [7, 11) is 3.51. The second-order valence-corrected chi connectivity index (χ2v) is 7.50. The first-order valence-electron chi connectivity index (χ1n) is 9.98. The van der Waals surface area contributed by atoms with Crippen molar-refractivity contribution >= 4 is 11.9 Å². The number of nitrogens with one attached hydrogen (secondary N) is 2. The fourth-order valence-electron chi connectivity index (χ4n) is 3.04. The first kappa shape index (κ1) is 22.7. The van der Waals surface area contributed by atoms with Crippen LogP contribution in [0, 0.1) is 5.92 Å². The topological polar surface area (TPSA) is 69.2 Å². The van der Waals surface area contributed by atoms with Gasteiger partial charge in [-0.15, -0.1) is 0 Å². The molecule has 0 spiro atoms. The maximum atomic E-state index is 11.8. The zero-order valence-electron chi connectivity index (χ0n) is 17.4. The van der Waals surface area contributed by atoms with E-state index in [4.69, 9.17) is 4.74 Å². The van der Waals surface area contributed by atoms with Crippen LogP contribution < -0.4 is 10.6 Å². The predicted octanol–water partition coefficient (Wildman–Crippen LogP) is 1.16. The van der Waals surface area contributed by atoms with Crippen LogP contribution in [0.1, 0.15) is 40.0 Å². The molecule has 0 unspecified atom stereocenters. The Labute approximate surface area is 159 Å². The maximum absolute atomic E-state index is 11.8. The van der Waals surface area contributed by atoms with Crippen molar-refractivity contribution in [3.05, 3.63) is 0 Å². The van der Waals surface area contributed by atoms with Crippen molar-refractivity contribution in [1.29, 1.82) is 0 Å². The molecule has 1 fully saturated rings. The zero-order chi connectivity index (χ0) is 19.4. The molecular weight excluding hydrogens is 330 g/mol. The van der Waals surface area contributed by atoms with E-state index in [-0.39, 0.29) is 12.5 Å². The summed E-state index contributed by atoms with van der Waals surface area (Å²) >= 11 is 0. The van der Waals surface area contributed by atoms with Crippen molar-refractivity contribution in [2.24, 2.45) is 10.9 Å². The van der Waals surface area contributed by atoms with Gasteiger partial charge in [-0.1, -0.05) is 13.8 Å². The first-order valence-corrected chi connectivity index (χ1v) is 9.98. The Morgan fingerprint density at radius 1 is 1.35 bits per heavy atom. The molecule has 152 valence electrons. The fraction of sp³-hybridized carbons (Fsp3) is 0.895. The Balaban J connectivity index is 2.51. The number of rotatable bonds is 11. The van der Waals surface area contributed by atoms with Gasteiger partial charge in [-0.05, 0) is 38.6 Å². The molecule has 1 aliphatic rings. The average Bonchev–Trinajstić information content (AvgIpc) is 3.02. The van der Waals surface area contributed by atoms with E-state index in [0.29, 0.717) is 17.9 Å². The third-order valence-electron chi connectivity index (χ3n) is 4.44. The minimum absolute atomic E-state index is 0.00252. The summed E-state index contributed by atoms with van der Waals surface area (Å²) in [5, 5.41) is 6.76. The molecule has 1 atom stereocenters. The molecule has 1 amide bonds. The van der Waals surface area contributed by atoms with Gasteiger partial charge >= 0.3 is 0 Å². The molecule has 0 aromatic heterocycles. The lowest BCUT2D eigenvalue weighted by Gasteiger charge is -2.27. The highest BCUT2D eigenvalue weighted by atomic mass is 16.5. The minimum atomic E-state index is 0.00252. The number of aliphatic imine (C=N–C) groups is 1. The number of nitrogens with zero attached hydrogens (tertiary/aromatic N) is 3. The number of likely N-dealkylation sites (N-methyl/N-ethyl adjacent to an activating group) is 1. The van der Waals surface area contributed by atoms with Crippen LogP contribution in [0.5, 0.6) is 0 Å². The van der Waals surface area contributed by atoms with Crippen molar-refractivity contribution in [3.8, 4) is 0 Å². The monoisotopic (exact) mass is 369 g/mol. The zero-order valence-corrected chi connectivity index (χ0v) is 17.4. The molecule has 1 rings (SSSR count). The third-order valence-corrected chi connectivity index (χ3v) is 4.44. The van der Waals surface area contributed by atoms with Crippen LogP contribution in [0.15, 0.2) is 4.99 Å². The lowest BCUT2D eigenvalue weighted by atomic mass is 10.1. The second-order valence-electron chi connectivity index (χ2n) is 7.50. The molecule has 1 saturated heterocycles. The number of carbonyl (C=O) groups excluding carboxylic acids is 1. The molecule has 0 aromatic rings. The van der Waals surface area contributed by atoms with E-state index in [1.54, 1.807) is 19.0 Å². The van der Waals surface area contributed by atoms with Crippen LogP contribution in [0.2, 0.25) is 0 Å². The van der Waals surface area contributed by atoms with Gasteiger partial charge in [-0.2, -0.15) is 0 Å². The highest BCUT2D eigenvalue weighted by Gasteiger charge is 2.24. The van der Waals surface area contributed by atoms with Gasteiger partial charge in [0.15, 0.2) is 5.96 Å². The maximum Gasteiger partial charge on any atom is 0.243 e. The first-order chi connectivity index (χ1) is 12.4. The van der Waals surface area contributed by atoms with Crippen LogP contribution in [-0.2, 0) is 9.53 Å². The molecule has 26 heavy (non-hydrogen) atoms. The van der Waals surface area contributed by atoms with Gasteiger partial charge in [0.1, 0.15) is 6.54 Å². The number of likely N-dealkylation sites (tertiary alicyclic amines) is 1. The molecule has 0 aliphatic carbocycles. The van der Waals surface area contributed by atoms with Crippen molar-refractivity contribution in [2.75, 3.05) is 60.0 Å². The Morgan fingerprint density at radius 2 is 2.12 bits per heavy atom. The quantitative estimate of drug-likeness (QED) is 0.325. The van der Waals surface area contributed by atoms with Gasteiger partial charge in [-0.3, -0.25) is 9.69 Å². The molecule has 2 N–H and O–H groups in total. The minimum Gasteiger partial charge on any atom is -0.382 e. The summed E-state index contributed by atoms with van der Waals surface area (Å²) in [6.07, 6.45) is 3.39. The lowest BCUT2D eigenvalue weighted by molar-refractivity contribution is -0.127. The van der Waals surface area contributed by atoms with Gasteiger partial charge in [-0.25, -0.2) is 4.99 Å². The van der Waals surface area contributed by atoms with E-state index in [2.05, 4.69) is 34.4 Å². The molecule has 1 heterocycles. The summed E-state index contributed by atoms with van der Waals surface area (Å²) in [5.41, 5.74) is 0. The summed E-state index contributed by atoms with van der Waals surface area (Å²) in [5.74, 6) is 1.40. The molecule has 0 bridgehead atoms. The molecule has 0 radical (unpaired) electrons. The number of carbonyl (C=O) groups is 1. The average molecular weight is 370 g/mol. The molecule has 0 aromatic carbocycles. The van der Waals surface area contributed by atoms with Crippen LogP contribution in [0.3, 0.4) is 0 Å². The van der Waals surface area contributed by atoms with E-state index in [0.717, 1.165) is 39.3 Å². The molecule has 7 heteroatoms. The molecular formula is C19H39N5O2. The summed E-state index contributed by atoms with van der Waals surface area (Å²) < 4.78 is 5.37. The SMILES string of the molecule is CCOCCCNC(=NCC(=O)N(C)C)NC[C@H]1CCCN1CC(C)C. The van der Waals surface area contributed by atoms with Gasteiger partial charge in [0.25, 0.3) is 0 Å². The second kappa shape index (κ2) is 12.9. The number of hydrogen-bond donors (Lipinski definition) is 2. The van der Waals surface area contributed by atoms with E-state index >= 15 is 0 Å². The molecule has 0 saturated carbocycles. The van der Waals surface area contributed by atoms with E-state index in [1.165, 1.54) is 19.4 Å². The number of guanidine groups is 1. The van der Waals surface area contributed by atoms with E-state index in [1.807, 2.05) is 6.92 Å². The Hall–Kier alpha value is -1.34.